The molecule has 0 spiro atoms. The molecule has 1 aliphatic carbocycles. The first-order valence-electron chi connectivity index (χ1n) is 12.2. The van der Waals surface area contributed by atoms with E-state index in [-0.39, 0.29) is 28.8 Å². The number of aryl methyl sites for hydroxylation is 1. The SMILES string of the molecule is Cc1cn(-c2cc(NC(=O)c3ccc(-c4cnc5nc(NC(=O)C6CC6)sc5n4)cc3)cc(C(F)(F)F)c2)cn1. The summed E-state index contributed by atoms with van der Waals surface area (Å²) in [7, 11) is 0. The Bertz CT molecular complexity index is 1760. The monoisotopic (exact) mass is 563 g/mol. The number of benzene rings is 2. The van der Waals surface area contributed by atoms with Crippen molar-refractivity contribution in [2.45, 2.75) is 25.9 Å². The van der Waals surface area contributed by atoms with E-state index in [0.717, 1.165) is 25.0 Å². The fraction of sp³-hybridized carbons (Fsp3) is 0.185. The van der Waals surface area contributed by atoms with Crippen molar-refractivity contribution in [2.24, 2.45) is 5.92 Å². The van der Waals surface area contributed by atoms with Gasteiger partial charge in [-0.2, -0.15) is 18.2 Å². The second kappa shape index (κ2) is 9.83. The highest BCUT2D eigenvalue weighted by Crippen LogP contribution is 2.34. The summed E-state index contributed by atoms with van der Waals surface area (Å²) in [5.74, 6) is -0.569. The van der Waals surface area contributed by atoms with Crippen LogP contribution in [0, 0.1) is 12.8 Å². The van der Waals surface area contributed by atoms with Crippen LogP contribution in [0.25, 0.3) is 27.4 Å². The third-order valence-corrected chi connectivity index (χ3v) is 7.11. The Morgan fingerprint density at radius 2 is 1.80 bits per heavy atom. The summed E-state index contributed by atoms with van der Waals surface area (Å²) in [5, 5.41) is 5.80. The van der Waals surface area contributed by atoms with Gasteiger partial charge < -0.3 is 15.2 Å². The Kier molecular flexibility index (Phi) is 6.29. The van der Waals surface area contributed by atoms with Crippen molar-refractivity contribution in [3.63, 3.8) is 0 Å². The number of imidazole rings is 1. The normalized spacial score (nSPS) is 13.4. The number of nitrogens with one attached hydrogen (secondary N) is 2. The van der Waals surface area contributed by atoms with Gasteiger partial charge in [0.15, 0.2) is 15.6 Å². The second-order valence-corrected chi connectivity index (χ2v) is 10.4. The number of nitrogens with zero attached hydrogens (tertiary/aromatic N) is 5. The lowest BCUT2D eigenvalue weighted by molar-refractivity contribution is -0.137. The van der Waals surface area contributed by atoms with E-state index >= 15 is 0 Å². The zero-order chi connectivity index (χ0) is 28.0. The van der Waals surface area contributed by atoms with E-state index < -0.39 is 17.6 Å². The standard InChI is InChI=1S/C27H20F3N7O2S/c1-14-12-37(13-32-14)20-9-18(27(28,29)30)8-19(10-20)33-23(38)16-4-2-15(3-5-16)21-11-31-22-25(34-21)40-26(35-22)36-24(39)17-6-7-17/h2-5,8-13,17H,6-7H2,1H3,(H,33,38)(H,31,35,36,39). The molecule has 1 saturated carbocycles. The Morgan fingerprint density at radius 1 is 1.02 bits per heavy atom. The van der Waals surface area contributed by atoms with Gasteiger partial charge in [0.2, 0.25) is 5.91 Å². The second-order valence-electron chi connectivity index (χ2n) is 9.39. The first-order chi connectivity index (χ1) is 19.1. The Labute approximate surface area is 229 Å². The number of halogens is 3. The summed E-state index contributed by atoms with van der Waals surface area (Å²) in [6.45, 7) is 1.73. The average molecular weight is 564 g/mol. The highest BCUT2D eigenvalue weighted by Gasteiger charge is 2.32. The Morgan fingerprint density at radius 3 is 2.48 bits per heavy atom. The van der Waals surface area contributed by atoms with Gasteiger partial charge in [0.1, 0.15) is 0 Å². The fourth-order valence-corrected chi connectivity index (χ4v) is 4.82. The Hall–Kier alpha value is -4.65. The number of carbonyl (C=O) groups is 2. The first-order valence-corrected chi connectivity index (χ1v) is 13.0. The summed E-state index contributed by atoms with van der Waals surface area (Å²) < 4.78 is 42.1. The minimum atomic E-state index is -4.60. The lowest BCUT2D eigenvalue weighted by atomic mass is 10.1. The number of hydrogen-bond donors (Lipinski definition) is 2. The van der Waals surface area contributed by atoms with E-state index in [2.05, 4.69) is 30.6 Å². The molecule has 2 amide bonds. The predicted octanol–water partition coefficient (Wildman–Crippen LogP) is 5.87. The molecule has 0 radical (unpaired) electrons. The van der Waals surface area contributed by atoms with Crippen molar-refractivity contribution in [3.05, 3.63) is 78.0 Å². The van der Waals surface area contributed by atoms with Crippen molar-refractivity contribution in [3.8, 4) is 16.9 Å². The van der Waals surface area contributed by atoms with Gasteiger partial charge in [-0.25, -0.2) is 15.0 Å². The van der Waals surface area contributed by atoms with Gasteiger partial charge in [-0.1, -0.05) is 23.5 Å². The first kappa shape index (κ1) is 25.6. The van der Waals surface area contributed by atoms with Crippen LogP contribution in [-0.4, -0.2) is 36.3 Å². The molecule has 0 bridgehead atoms. The van der Waals surface area contributed by atoms with E-state index in [1.807, 2.05) is 0 Å². The van der Waals surface area contributed by atoms with Gasteiger partial charge in [-0.05, 0) is 50.1 Å². The van der Waals surface area contributed by atoms with Gasteiger partial charge in [-0.3, -0.25) is 9.59 Å². The molecule has 3 heterocycles. The minimum Gasteiger partial charge on any atom is -0.322 e. The maximum Gasteiger partial charge on any atom is 0.416 e. The maximum absolute atomic E-state index is 13.6. The molecule has 2 aromatic carbocycles. The molecule has 0 aliphatic heterocycles. The molecule has 5 aromatic rings. The maximum atomic E-state index is 13.6. The number of alkyl halides is 3. The lowest BCUT2D eigenvalue weighted by Crippen LogP contribution is -2.14. The summed E-state index contributed by atoms with van der Waals surface area (Å²) in [6.07, 6.45) is 1.72. The van der Waals surface area contributed by atoms with Crippen molar-refractivity contribution >= 4 is 44.4 Å². The molecule has 0 saturated heterocycles. The number of rotatable bonds is 6. The van der Waals surface area contributed by atoms with Crippen molar-refractivity contribution in [1.82, 2.24) is 24.5 Å². The van der Waals surface area contributed by atoms with Gasteiger partial charge in [-0.15, -0.1) is 0 Å². The molecule has 13 heteroatoms. The largest absolute Gasteiger partial charge is 0.416 e. The van der Waals surface area contributed by atoms with Crippen molar-refractivity contribution < 1.29 is 22.8 Å². The van der Waals surface area contributed by atoms with Crippen LogP contribution in [0.4, 0.5) is 24.0 Å². The number of anilines is 2. The van der Waals surface area contributed by atoms with Gasteiger partial charge in [0.25, 0.3) is 5.91 Å². The highest BCUT2D eigenvalue weighted by atomic mass is 32.1. The van der Waals surface area contributed by atoms with Crippen molar-refractivity contribution in [1.29, 1.82) is 0 Å². The third-order valence-electron chi connectivity index (χ3n) is 6.26. The van der Waals surface area contributed by atoms with E-state index in [4.69, 9.17) is 0 Å². The van der Waals surface area contributed by atoms with E-state index in [1.54, 1.807) is 43.6 Å². The summed E-state index contributed by atoms with van der Waals surface area (Å²) in [5.41, 5.74) is 1.85. The van der Waals surface area contributed by atoms with Crippen LogP contribution in [-0.2, 0) is 11.0 Å². The van der Waals surface area contributed by atoms with Gasteiger partial charge in [0.05, 0.1) is 29.5 Å². The molecule has 1 fully saturated rings. The molecule has 9 nitrogen and oxygen atoms in total. The predicted molar refractivity (Wildman–Crippen MR) is 143 cm³/mol. The average Bonchev–Trinajstić information content (AvgIpc) is 3.57. The zero-order valence-electron chi connectivity index (χ0n) is 20.9. The molecule has 202 valence electrons. The quantitative estimate of drug-likeness (QED) is 0.267. The molecule has 2 N–H and O–H groups in total. The fourth-order valence-electron chi connectivity index (χ4n) is 4.02. The number of aromatic nitrogens is 5. The molecular formula is C27H20F3N7O2S. The van der Waals surface area contributed by atoms with Crippen molar-refractivity contribution in [2.75, 3.05) is 10.6 Å². The van der Waals surface area contributed by atoms with E-state index in [1.165, 1.54) is 28.3 Å². The highest BCUT2D eigenvalue weighted by molar-refractivity contribution is 7.21. The number of amides is 2. The molecule has 0 atom stereocenters. The van der Waals surface area contributed by atoms with Crippen LogP contribution in [0.15, 0.2) is 61.2 Å². The van der Waals surface area contributed by atoms with Gasteiger partial charge >= 0.3 is 6.18 Å². The van der Waals surface area contributed by atoms with E-state index in [0.29, 0.717) is 32.6 Å². The number of hydrogen-bond acceptors (Lipinski definition) is 7. The molecule has 0 unspecified atom stereocenters. The minimum absolute atomic E-state index is 0.00338. The Balaban J connectivity index is 1.20. The van der Waals surface area contributed by atoms with Crippen LogP contribution in [0.3, 0.4) is 0 Å². The lowest BCUT2D eigenvalue weighted by Gasteiger charge is -2.14. The smallest absolute Gasteiger partial charge is 0.322 e. The van der Waals surface area contributed by atoms with Crippen LogP contribution in [0.2, 0.25) is 0 Å². The third kappa shape index (κ3) is 5.41. The molecule has 40 heavy (non-hydrogen) atoms. The summed E-state index contributed by atoms with van der Waals surface area (Å²) in [4.78, 5) is 42.8. The molecular weight excluding hydrogens is 543 g/mol. The zero-order valence-corrected chi connectivity index (χ0v) is 21.7. The summed E-state index contributed by atoms with van der Waals surface area (Å²) >= 11 is 1.23. The molecule has 1 aliphatic rings. The van der Waals surface area contributed by atoms with Gasteiger partial charge in [0, 0.05) is 34.6 Å². The van der Waals surface area contributed by atoms with Crippen LogP contribution in [0.1, 0.15) is 34.5 Å². The molecule has 6 rings (SSSR count). The number of fused-ring (bicyclic) bond motifs is 1. The van der Waals surface area contributed by atoms with E-state index in [9.17, 15) is 22.8 Å². The number of thiazole rings is 1. The van der Waals surface area contributed by atoms with Crippen LogP contribution >= 0.6 is 11.3 Å². The number of carbonyl (C=O) groups excluding carboxylic acids is 2. The topological polar surface area (TPSA) is 115 Å². The summed E-state index contributed by atoms with van der Waals surface area (Å²) in [6, 6.07) is 9.79. The van der Waals surface area contributed by atoms with Crippen LogP contribution < -0.4 is 10.6 Å². The molecule has 3 aromatic heterocycles. The van der Waals surface area contributed by atoms with Crippen LogP contribution in [0.5, 0.6) is 0 Å².